The Morgan fingerprint density at radius 3 is 2.54 bits per heavy atom. The molecule has 0 aliphatic heterocycles. The third-order valence-corrected chi connectivity index (χ3v) is 1.85. The first kappa shape index (κ1) is 9.50. The van der Waals surface area contributed by atoms with Crippen LogP contribution in [0.1, 0.15) is 18.6 Å². The smallest absolute Gasteiger partial charge is 0.114 e. The first-order valence-electron chi connectivity index (χ1n) is 4.09. The topological polar surface area (TPSA) is 44.0 Å². The molecule has 0 heterocycles. The summed E-state index contributed by atoms with van der Waals surface area (Å²) < 4.78 is 0. The summed E-state index contributed by atoms with van der Waals surface area (Å²) in [5.41, 5.74) is 1.13. The van der Waals surface area contributed by atoms with Crippen molar-refractivity contribution in [3.05, 3.63) is 47.5 Å². The molecule has 0 aliphatic rings. The third-order valence-electron chi connectivity index (χ3n) is 1.85. The molecule has 0 bridgehead atoms. The number of rotatable bonds is 2. The van der Waals surface area contributed by atoms with E-state index in [1.807, 2.05) is 24.3 Å². The van der Waals surface area contributed by atoms with Crippen LogP contribution in [0.2, 0.25) is 0 Å². The van der Waals surface area contributed by atoms with Crippen LogP contribution in [0.15, 0.2) is 42.0 Å². The summed E-state index contributed by atoms with van der Waals surface area (Å²) in [5, 5.41) is 18.4. The summed E-state index contributed by atoms with van der Waals surface area (Å²) in [5.74, 6) is 0. The molecule has 1 rings (SSSR count). The van der Waals surface area contributed by atoms with Crippen LogP contribution in [0, 0.1) is 11.3 Å². The fourth-order valence-electron chi connectivity index (χ4n) is 1.10. The number of nitrogens with zero attached hydrogens (tertiary/aromatic N) is 1. The summed E-state index contributed by atoms with van der Waals surface area (Å²) in [4.78, 5) is 0. The molecule has 0 radical (unpaired) electrons. The van der Waals surface area contributed by atoms with E-state index in [0.29, 0.717) is 5.57 Å². The highest BCUT2D eigenvalue weighted by molar-refractivity contribution is 5.33. The number of benzene rings is 1. The molecule has 0 spiro atoms. The second-order valence-corrected chi connectivity index (χ2v) is 2.67. The predicted octanol–water partition coefficient (Wildman–Crippen LogP) is 2.19. The van der Waals surface area contributed by atoms with E-state index in [4.69, 9.17) is 5.26 Å². The minimum atomic E-state index is -0.795. The van der Waals surface area contributed by atoms with Gasteiger partial charge in [-0.2, -0.15) is 5.26 Å². The lowest BCUT2D eigenvalue weighted by Crippen LogP contribution is -1.99. The zero-order chi connectivity index (χ0) is 9.68. The molecule has 0 aliphatic carbocycles. The molecule has 1 unspecified atom stereocenters. The molecule has 0 aromatic heterocycles. The highest BCUT2D eigenvalue weighted by Gasteiger charge is 2.10. The Bertz CT molecular complexity index is 335. The van der Waals surface area contributed by atoms with Crippen molar-refractivity contribution < 1.29 is 5.11 Å². The van der Waals surface area contributed by atoms with Gasteiger partial charge in [-0.05, 0) is 12.5 Å². The molecule has 0 saturated carbocycles. The van der Waals surface area contributed by atoms with E-state index in [2.05, 4.69) is 0 Å². The zero-order valence-corrected chi connectivity index (χ0v) is 7.44. The summed E-state index contributed by atoms with van der Waals surface area (Å²) in [6.07, 6.45) is 0.827. The summed E-state index contributed by atoms with van der Waals surface area (Å²) >= 11 is 0. The average Bonchev–Trinajstić information content (AvgIpc) is 2.21. The zero-order valence-electron chi connectivity index (χ0n) is 7.44. The van der Waals surface area contributed by atoms with Gasteiger partial charge in [0.25, 0.3) is 0 Å². The van der Waals surface area contributed by atoms with Crippen molar-refractivity contribution in [1.82, 2.24) is 0 Å². The van der Waals surface area contributed by atoms with Crippen LogP contribution in [0.4, 0.5) is 0 Å². The van der Waals surface area contributed by atoms with Crippen LogP contribution in [-0.4, -0.2) is 5.11 Å². The highest BCUT2D eigenvalue weighted by Crippen LogP contribution is 2.19. The minimum absolute atomic E-state index is 0.381. The maximum Gasteiger partial charge on any atom is 0.114 e. The van der Waals surface area contributed by atoms with Crippen molar-refractivity contribution >= 4 is 0 Å². The summed E-state index contributed by atoms with van der Waals surface area (Å²) in [7, 11) is 0. The van der Waals surface area contributed by atoms with E-state index >= 15 is 0 Å². The van der Waals surface area contributed by atoms with E-state index in [-0.39, 0.29) is 0 Å². The van der Waals surface area contributed by atoms with E-state index in [0.717, 1.165) is 5.56 Å². The number of hydrogen-bond acceptors (Lipinski definition) is 2. The molecule has 2 heteroatoms. The number of aliphatic hydroxyl groups excluding tert-OH is 1. The van der Waals surface area contributed by atoms with Gasteiger partial charge in [0.15, 0.2) is 0 Å². The Balaban J connectivity index is 2.93. The molecular weight excluding hydrogens is 162 g/mol. The number of hydrogen-bond donors (Lipinski definition) is 1. The molecule has 0 fully saturated rings. The molecule has 1 aromatic rings. The normalized spacial score (nSPS) is 13.5. The van der Waals surface area contributed by atoms with Gasteiger partial charge < -0.3 is 5.11 Å². The van der Waals surface area contributed by atoms with Crippen molar-refractivity contribution in [2.75, 3.05) is 0 Å². The summed E-state index contributed by atoms with van der Waals surface area (Å²) in [6, 6.07) is 11.1. The van der Waals surface area contributed by atoms with Crippen LogP contribution in [0.3, 0.4) is 0 Å². The van der Waals surface area contributed by atoms with Crippen LogP contribution >= 0.6 is 0 Å². The number of aliphatic hydroxyl groups is 1. The van der Waals surface area contributed by atoms with Gasteiger partial charge >= 0.3 is 0 Å². The van der Waals surface area contributed by atoms with Crippen molar-refractivity contribution in [2.24, 2.45) is 0 Å². The Morgan fingerprint density at radius 1 is 1.46 bits per heavy atom. The standard InChI is InChI=1S/C11H11NO/c1-2-9(8-12)11(13)10-6-4-3-5-7-10/h2-7,11,13H,1H3. The summed E-state index contributed by atoms with van der Waals surface area (Å²) in [6.45, 7) is 1.74. The van der Waals surface area contributed by atoms with Gasteiger partial charge in [-0.25, -0.2) is 0 Å². The molecule has 0 saturated heterocycles. The maximum absolute atomic E-state index is 9.69. The van der Waals surface area contributed by atoms with Crippen molar-refractivity contribution in [3.63, 3.8) is 0 Å². The molecule has 0 amide bonds. The maximum atomic E-state index is 9.69. The van der Waals surface area contributed by atoms with Gasteiger partial charge in [0.2, 0.25) is 0 Å². The Kier molecular flexibility index (Phi) is 3.24. The Labute approximate surface area is 77.8 Å². The molecule has 66 valence electrons. The average molecular weight is 173 g/mol. The minimum Gasteiger partial charge on any atom is -0.383 e. The molecule has 1 N–H and O–H groups in total. The SMILES string of the molecule is CC=C(C#N)C(O)c1ccccc1. The van der Waals surface area contributed by atoms with Crippen molar-refractivity contribution in [1.29, 1.82) is 5.26 Å². The van der Waals surface area contributed by atoms with Crippen molar-refractivity contribution in [3.8, 4) is 6.07 Å². The number of allylic oxidation sites excluding steroid dienone is 1. The van der Waals surface area contributed by atoms with Gasteiger partial charge in [-0.1, -0.05) is 36.4 Å². The lowest BCUT2D eigenvalue weighted by molar-refractivity contribution is 0.220. The van der Waals surface area contributed by atoms with Gasteiger partial charge in [0.05, 0.1) is 11.6 Å². The third kappa shape index (κ3) is 2.17. The first-order valence-corrected chi connectivity index (χ1v) is 4.09. The van der Waals surface area contributed by atoms with Gasteiger partial charge in [0.1, 0.15) is 6.10 Å². The Morgan fingerprint density at radius 2 is 2.08 bits per heavy atom. The molecule has 1 aromatic carbocycles. The fourth-order valence-corrected chi connectivity index (χ4v) is 1.10. The van der Waals surface area contributed by atoms with Gasteiger partial charge in [0, 0.05) is 0 Å². The Hall–Kier alpha value is -1.59. The molecule has 1 atom stereocenters. The predicted molar refractivity (Wildman–Crippen MR) is 50.8 cm³/mol. The van der Waals surface area contributed by atoms with Gasteiger partial charge in [-0.15, -0.1) is 0 Å². The second kappa shape index (κ2) is 4.44. The van der Waals surface area contributed by atoms with E-state index in [1.54, 1.807) is 25.1 Å². The molecule has 2 nitrogen and oxygen atoms in total. The van der Waals surface area contributed by atoms with E-state index in [9.17, 15) is 5.11 Å². The monoisotopic (exact) mass is 173 g/mol. The van der Waals surface area contributed by atoms with E-state index < -0.39 is 6.10 Å². The molecular formula is C11H11NO. The first-order chi connectivity index (χ1) is 6.29. The lowest BCUT2D eigenvalue weighted by Gasteiger charge is -2.08. The van der Waals surface area contributed by atoms with Crippen LogP contribution in [-0.2, 0) is 0 Å². The van der Waals surface area contributed by atoms with Crippen LogP contribution in [0.5, 0.6) is 0 Å². The van der Waals surface area contributed by atoms with Crippen LogP contribution in [0.25, 0.3) is 0 Å². The lowest BCUT2D eigenvalue weighted by atomic mass is 10.0. The number of nitriles is 1. The second-order valence-electron chi connectivity index (χ2n) is 2.67. The van der Waals surface area contributed by atoms with E-state index in [1.165, 1.54) is 0 Å². The largest absolute Gasteiger partial charge is 0.383 e. The fraction of sp³-hybridized carbons (Fsp3) is 0.182. The molecule has 13 heavy (non-hydrogen) atoms. The van der Waals surface area contributed by atoms with Gasteiger partial charge in [-0.3, -0.25) is 0 Å². The van der Waals surface area contributed by atoms with Crippen LogP contribution < -0.4 is 0 Å². The highest BCUT2D eigenvalue weighted by atomic mass is 16.3. The van der Waals surface area contributed by atoms with Crippen molar-refractivity contribution in [2.45, 2.75) is 13.0 Å². The quantitative estimate of drug-likeness (QED) is 0.696.